The topological polar surface area (TPSA) is 95.9 Å². The van der Waals surface area contributed by atoms with Gasteiger partial charge in [0.1, 0.15) is 5.75 Å². The van der Waals surface area contributed by atoms with Crippen molar-refractivity contribution >= 4 is 15.9 Å². The minimum atomic E-state index is -3.84. The zero-order valence-electron chi connectivity index (χ0n) is 15.7. The lowest BCUT2D eigenvalue weighted by atomic mass is 9.93. The Balaban J connectivity index is 2.38. The van der Waals surface area contributed by atoms with Crippen LogP contribution in [0.25, 0.3) is 0 Å². The predicted molar refractivity (Wildman–Crippen MR) is 98.8 cm³/mol. The lowest BCUT2D eigenvalue weighted by molar-refractivity contribution is 0.0638. The number of aliphatic hydroxyl groups excluding tert-OH is 1. The Morgan fingerprint density at radius 2 is 1.96 bits per heavy atom. The normalized spacial score (nSPS) is 21.0. The number of benzene rings is 1. The van der Waals surface area contributed by atoms with Gasteiger partial charge in [-0.1, -0.05) is 12.8 Å². The summed E-state index contributed by atoms with van der Waals surface area (Å²) in [5, 5.41) is 12.9. The first-order valence-corrected chi connectivity index (χ1v) is 10.3. The Bertz CT molecular complexity index is 748. The fraction of sp³-hybridized carbons (Fsp3) is 0.611. The molecule has 1 fully saturated rings. The quantitative estimate of drug-likeness (QED) is 0.779. The van der Waals surface area contributed by atoms with Crippen molar-refractivity contribution in [2.75, 3.05) is 14.2 Å². The van der Waals surface area contributed by atoms with E-state index in [9.17, 15) is 18.3 Å². The summed E-state index contributed by atoms with van der Waals surface area (Å²) in [7, 11) is -0.934. The van der Waals surface area contributed by atoms with E-state index < -0.39 is 28.1 Å². The maximum absolute atomic E-state index is 13.0. The van der Waals surface area contributed by atoms with Gasteiger partial charge in [-0.15, -0.1) is 0 Å². The van der Waals surface area contributed by atoms with E-state index in [1.165, 1.54) is 36.7 Å². The third-order valence-corrected chi connectivity index (χ3v) is 6.55. The first kappa shape index (κ1) is 20.7. The minimum Gasteiger partial charge on any atom is -0.496 e. The molecule has 0 unspecified atom stereocenters. The highest BCUT2D eigenvalue weighted by molar-refractivity contribution is 7.89. The second-order valence-electron chi connectivity index (χ2n) is 6.93. The molecule has 146 valence electrons. The summed E-state index contributed by atoms with van der Waals surface area (Å²) in [6.45, 7) is 3.65. The van der Waals surface area contributed by atoms with Gasteiger partial charge in [0.05, 0.1) is 29.7 Å². The Hall–Kier alpha value is -1.64. The molecule has 0 saturated heterocycles. The summed E-state index contributed by atoms with van der Waals surface area (Å²) >= 11 is 0. The average molecular weight is 384 g/mol. The Morgan fingerprint density at radius 1 is 1.31 bits per heavy atom. The van der Waals surface area contributed by atoms with E-state index in [2.05, 4.69) is 5.32 Å². The lowest BCUT2D eigenvalue weighted by Gasteiger charge is -2.34. The van der Waals surface area contributed by atoms with Crippen LogP contribution in [0.4, 0.5) is 0 Å². The zero-order valence-corrected chi connectivity index (χ0v) is 16.5. The van der Waals surface area contributed by atoms with E-state index in [4.69, 9.17) is 4.74 Å². The second-order valence-corrected chi connectivity index (χ2v) is 8.93. The molecule has 8 heteroatoms. The molecule has 2 atom stereocenters. The Labute approximate surface area is 155 Å². The number of likely N-dealkylation sites (N-methyl/N-ethyl adjacent to an activating group) is 1. The number of nitrogens with zero attached hydrogens (tertiary/aromatic N) is 1. The van der Waals surface area contributed by atoms with Crippen LogP contribution >= 0.6 is 0 Å². The average Bonchev–Trinajstić information content (AvgIpc) is 2.60. The van der Waals surface area contributed by atoms with Gasteiger partial charge in [-0.05, 0) is 44.9 Å². The number of aliphatic hydroxyl groups is 1. The van der Waals surface area contributed by atoms with E-state index in [1.54, 1.807) is 0 Å². The molecule has 1 aliphatic rings. The van der Waals surface area contributed by atoms with Crippen LogP contribution in [-0.2, 0) is 10.0 Å². The van der Waals surface area contributed by atoms with Crippen molar-refractivity contribution in [2.45, 2.75) is 62.6 Å². The van der Waals surface area contributed by atoms with E-state index in [-0.39, 0.29) is 16.5 Å². The van der Waals surface area contributed by atoms with Crippen molar-refractivity contribution < 1.29 is 23.1 Å². The van der Waals surface area contributed by atoms with Crippen LogP contribution < -0.4 is 10.1 Å². The number of carbonyl (C=O) groups excluding carboxylic acids is 1. The van der Waals surface area contributed by atoms with Crippen molar-refractivity contribution in [1.82, 2.24) is 9.62 Å². The third kappa shape index (κ3) is 4.36. The number of rotatable bonds is 6. The Morgan fingerprint density at radius 3 is 2.54 bits per heavy atom. The van der Waals surface area contributed by atoms with Crippen LogP contribution in [0, 0.1) is 0 Å². The second kappa shape index (κ2) is 8.37. The first-order chi connectivity index (χ1) is 12.2. The monoisotopic (exact) mass is 384 g/mol. The molecule has 0 bridgehead atoms. The molecule has 0 aromatic heterocycles. The SMILES string of the molecule is COc1ccc(S(=O)(=O)N(C)[C@H]2CCCC[C@@H]2O)cc1C(=O)NC(C)C. The highest BCUT2D eigenvalue weighted by atomic mass is 32.2. The van der Waals surface area contributed by atoms with Crippen molar-refractivity contribution in [1.29, 1.82) is 0 Å². The van der Waals surface area contributed by atoms with Crippen LogP contribution in [0.2, 0.25) is 0 Å². The van der Waals surface area contributed by atoms with Crippen LogP contribution in [0.3, 0.4) is 0 Å². The standard InChI is InChI=1S/C18H28N2O5S/c1-12(2)19-18(22)14-11-13(9-10-17(14)25-4)26(23,24)20(3)15-7-5-6-8-16(15)21/h9-12,15-16,21H,5-8H2,1-4H3,(H,19,22)/t15-,16-/m0/s1. The molecule has 2 rings (SSSR count). The molecule has 26 heavy (non-hydrogen) atoms. The van der Waals surface area contributed by atoms with E-state index in [1.807, 2.05) is 13.8 Å². The fourth-order valence-electron chi connectivity index (χ4n) is 3.23. The van der Waals surface area contributed by atoms with E-state index in [0.29, 0.717) is 18.6 Å². The molecule has 1 aromatic rings. The number of hydrogen-bond donors (Lipinski definition) is 2. The van der Waals surface area contributed by atoms with Crippen LogP contribution in [0.5, 0.6) is 5.75 Å². The van der Waals surface area contributed by atoms with Gasteiger partial charge in [-0.25, -0.2) is 8.42 Å². The lowest BCUT2D eigenvalue weighted by Crippen LogP contribution is -2.46. The van der Waals surface area contributed by atoms with Crippen LogP contribution in [-0.4, -0.2) is 56.1 Å². The van der Waals surface area contributed by atoms with Crippen LogP contribution in [0.15, 0.2) is 23.1 Å². The number of methoxy groups -OCH3 is 1. The van der Waals surface area contributed by atoms with Crippen LogP contribution in [0.1, 0.15) is 49.9 Å². The zero-order chi connectivity index (χ0) is 19.5. The Kier molecular flexibility index (Phi) is 6.65. The van der Waals surface area contributed by atoms with Gasteiger partial charge in [-0.3, -0.25) is 4.79 Å². The van der Waals surface area contributed by atoms with Crippen molar-refractivity contribution in [2.24, 2.45) is 0 Å². The summed E-state index contributed by atoms with van der Waals surface area (Å²) in [6, 6.07) is 3.69. The molecular formula is C18H28N2O5S. The van der Waals surface area contributed by atoms with Crippen molar-refractivity contribution in [3.8, 4) is 5.75 Å². The highest BCUT2D eigenvalue weighted by Crippen LogP contribution is 2.29. The summed E-state index contributed by atoms with van der Waals surface area (Å²) in [6.07, 6.45) is 2.31. The van der Waals surface area contributed by atoms with Crippen molar-refractivity contribution in [3.05, 3.63) is 23.8 Å². The van der Waals surface area contributed by atoms with E-state index in [0.717, 1.165) is 12.8 Å². The van der Waals surface area contributed by atoms with Gasteiger partial charge in [0, 0.05) is 13.1 Å². The summed E-state index contributed by atoms with van der Waals surface area (Å²) < 4.78 is 32.5. The van der Waals surface area contributed by atoms with E-state index >= 15 is 0 Å². The summed E-state index contributed by atoms with van der Waals surface area (Å²) in [5.41, 5.74) is 0.167. The van der Waals surface area contributed by atoms with Crippen molar-refractivity contribution in [3.63, 3.8) is 0 Å². The highest BCUT2D eigenvalue weighted by Gasteiger charge is 2.34. The smallest absolute Gasteiger partial charge is 0.255 e. The molecular weight excluding hydrogens is 356 g/mol. The maximum atomic E-state index is 13.0. The van der Waals surface area contributed by atoms with Gasteiger partial charge < -0.3 is 15.2 Å². The molecule has 1 aromatic carbocycles. The first-order valence-electron chi connectivity index (χ1n) is 8.83. The third-order valence-electron chi connectivity index (χ3n) is 4.67. The predicted octanol–water partition coefficient (Wildman–Crippen LogP) is 1.76. The number of nitrogens with one attached hydrogen (secondary N) is 1. The maximum Gasteiger partial charge on any atom is 0.255 e. The molecule has 2 N–H and O–H groups in total. The van der Waals surface area contributed by atoms with Gasteiger partial charge in [-0.2, -0.15) is 4.31 Å². The number of sulfonamides is 1. The summed E-state index contributed by atoms with van der Waals surface area (Å²) in [4.78, 5) is 12.4. The number of carbonyl (C=O) groups is 1. The molecule has 0 radical (unpaired) electrons. The largest absolute Gasteiger partial charge is 0.496 e. The molecule has 1 aliphatic carbocycles. The fourth-order valence-corrected chi connectivity index (χ4v) is 4.67. The number of ether oxygens (including phenoxy) is 1. The van der Waals surface area contributed by atoms with Gasteiger partial charge >= 0.3 is 0 Å². The molecule has 0 aliphatic heterocycles. The van der Waals surface area contributed by atoms with Gasteiger partial charge in [0.2, 0.25) is 10.0 Å². The summed E-state index contributed by atoms with van der Waals surface area (Å²) in [5.74, 6) is -0.0864. The number of hydrogen-bond acceptors (Lipinski definition) is 5. The molecule has 1 saturated carbocycles. The molecule has 0 heterocycles. The minimum absolute atomic E-state index is 0.00693. The van der Waals surface area contributed by atoms with Gasteiger partial charge in [0.15, 0.2) is 0 Å². The molecule has 1 amide bonds. The van der Waals surface area contributed by atoms with Gasteiger partial charge in [0.25, 0.3) is 5.91 Å². The number of amides is 1. The molecule has 0 spiro atoms. The molecule has 7 nitrogen and oxygen atoms in total.